The van der Waals surface area contributed by atoms with Crippen molar-refractivity contribution < 1.29 is 0 Å². The van der Waals surface area contributed by atoms with Gasteiger partial charge in [0.1, 0.15) is 0 Å². The second kappa shape index (κ2) is 7.17. The number of halogens is 1. The normalized spacial score (nSPS) is 19.4. The molecule has 4 rings (SSSR count). The average molecular weight is 398 g/mol. The zero-order valence-electron chi connectivity index (χ0n) is 15.8. The van der Waals surface area contributed by atoms with Crippen LogP contribution in [0.3, 0.4) is 0 Å². The summed E-state index contributed by atoms with van der Waals surface area (Å²) in [4.78, 5) is 5.93. The molecule has 3 aromatic rings. The van der Waals surface area contributed by atoms with Crippen molar-refractivity contribution in [3.8, 4) is 0 Å². The van der Waals surface area contributed by atoms with E-state index in [0.717, 1.165) is 27.8 Å². The number of hydrogen-bond acceptors (Lipinski definition) is 1. The number of rotatable bonds is 2. The fraction of sp³-hybridized carbons (Fsp3) is 0.318. The van der Waals surface area contributed by atoms with Crippen LogP contribution in [0.4, 0.5) is 0 Å². The quantitative estimate of drug-likeness (QED) is 0.551. The monoisotopic (exact) mass is 397 g/mol. The number of thiocarbonyl (C=S) groups is 1. The van der Waals surface area contributed by atoms with Gasteiger partial charge in [0.05, 0.1) is 6.04 Å². The predicted molar refractivity (Wildman–Crippen MR) is 118 cm³/mol. The lowest BCUT2D eigenvalue weighted by molar-refractivity contribution is 0.292. The molecule has 0 bridgehead atoms. The summed E-state index contributed by atoms with van der Waals surface area (Å²) in [6, 6.07) is 17.1. The van der Waals surface area contributed by atoms with E-state index in [2.05, 4.69) is 72.4 Å². The van der Waals surface area contributed by atoms with Gasteiger partial charge in [-0.3, -0.25) is 0 Å². The van der Waals surface area contributed by atoms with Gasteiger partial charge >= 0.3 is 0 Å². The molecule has 1 aliphatic rings. The third-order valence-electron chi connectivity index (χ3n) is 5.34. The van der Waals surface area contributed by atoms with Crippen molar-refractivity contribution in [2.24, 2.45) is 0 Å². The Bertz CT molecular complexity index is 994. The van der Waals surface area contributed by atoms with Crippen LogP contribution in [0.25, 0.3) is 10.9 Å². The zero-order valence-corrected chi connectivity index (χ0v) is 17.4. The Labute approximate surface area is 170 Å². The van der Waals surface area contributed by atoms with Crippen LogP contribution in [0.2, 0.25) is 5.02 Å². The molecule has 140 valence electrons. The van der Waals surface area contributed by atoms with Gasteiger partial charge in [-0.1, -0.05) is 48.0 Å². The van der Waals surface area contributed by atoms with Crippen molar-refractivity contribution in [1.29, 1.82) is 0 Å². The molecule has 2 N–H and O–H groups in total. The Morgan fingerprint density at radius 3 is 2.63 bits per heavy atom. The molecule has 0 saturated heterocycles. The Morgan fingerprint density at radius 2 is 1.89 bits per heavy atom. The molecule has 2 atom stereocenters. The fourth-order valence-electron chi connectivity index (χ4n) is 4.09. The zero-order chi connectivity index (χ0) is 19.1. The van der Waals surface area contributed by atoms with Gasteiger partial charge < -0.3 is 15.2 Å². The lowest BCUT2D eigenvalue weighted by Crippen LogP contribution is -2.48. The van der Waals surface area contributed by atoms with Crippen LogP contribution >= 0.6 is 23.8 Å². The number of nitrogens with one attached hydrogen (secondary N) is 2. The van der Waals surface area contributed by atoms with Crippen molar-refractivity contribution in [2.75, 3.05) is 6.54 Å². The van der Waals surface area contributed by atoms with E-state index in [9.17, 15) is 0 Å². The molecule has 0 saturated carbocycles. The van der Waals surface area contributed by atoms with Crippen molar-refractivity contribution in [3.63, 3.8) is 0 Å². The molecule has 0 spiro atoms. The van der Waals surface area contributed by atoms with E-state index in [-0.39, 0.29) is 12.0 Å². The van der Waals surface area contributed by atoms with Gasteiger partial charge in [-0.15, -0.1) is 0 Å². The fourth-order valence-corrected chi connectivity index (χ4v) is 4.83. The van der Waals surface area contributed by atoms with Crippen LogP contribution in [-0.2, 0) is 0 Å². The number of benzene rings is 2. The Hall–Kier alpha value is -2.04. The highest BCUT2D eigenvalue weighted by molar-refractivity contribution is 7.80. The molecule has 0 aliphatic carbocycles. The number of H-pyrrole nitrogens is 1. The molecule has 0 fully saturated rings. The number of nitrogens with zero attached hydrogens (tertiary/aromatic N) is 1. The maximum atomic E-state index is 6.61. The minimum absolute atomic E-state index is 0.160. The van der Waals surface area contributed by atoms with E-state index in [1.54, 1.807) is 0 Å². The molecule has 5 heteroatoms. The molecule has 2 heterocycles. The molecule has 1 aromatic heterocycles. The lowest BCUT2D eigenvalue weighted by atomic mass is 9.84. The minimum Gasteiger partial charge on any atom is -0.360 e. The van der Waals surface area contributed by atoms with Crippen molar-refractivity contribution in [2.45, 2.75) is 38.8 Å². The summed E-state index contributed by atoms with van der Waals surface area (Å²) in [5.41, 5.74) is 4.88. The summed E-state index contributed by atoms with van der Waals surface area (Å²) in [7, 11) is 0. The van der Waals surface area contributed by atoms with Crippen LogP contribution in [0.15, 0.2) is 48.5 Å². The number of aromatic nitrogens is 1. The van der Waals surface area contributed by atoms with Gasteiger partial charge in [0.15, 0.2) is 5.11 Å². The number of fused-ring (bicyclic) bond motifs is 3. The highest BCUT2D eigenvalue weighted by Gasteiger charge is 2.36. The Kier molecular flexibility index (Phi) is 4.87. The van der Waals surface area contributed by atoms with Crippen LogP contribution in [0, 0.1) is 0 Å². The first kappa shape index (κ1) is 18.3. The maximum absolute atomic E-state index is 6.61. The smallest absolute Gasteiger partial charge is 0.169 e. The Morgan fingerprint density at radius 1 is 1.19 bits per heavy atom. The first-order chi connectivity index (χ1) is 13.0. The van der Waals surface area contributed by atoms with Crippen LogP contribution < -0.4 is 5.32 Å². The van der Waals surface area contributed by atoms with Crippen LogP contribution in [-0.4, -0.2) is 27.6 Å². The van der Waals surface area contributed by atoms with Crippen molar-refractivity contribution in [3.05, 3.63) is 70.4 Å². The molecule has 27 heavy (non-hydrogen) atoms. The molecule has 0 amide bonds. The second-order valence-corrected chi connectivity index (χ2v) is 8.30. The number of para-hydroxylation sites is 1. The first-order valence-electron chi connectivity index (χ1n) is 9.39. The molecule has 2 aromatic carbocycles. The highest BCUT2D eigenvalue weighted by Crippen LogP contribution is 2.44. The maximum Gasteiger partial charge on any atom is 0.169 e. The molecule has 0 unspecified atom stereocenters. The van der Waals surface area contributed by atoms with Crippen LogP contribution in [0.1, 0.15) is 49.6 Å². The van der Waals surface area contributed by atoms with Gasteiger partial charge in [-0.05, 0) is 56.2 Å². The van der Waals surface area contributed by atoms with Gasteiger partial charge in [0.2, 0.25) is 0 Å². The van der Waals surface area contributed by atoms with Crippen molar-refractivity contribution in [1.82, 2.24) is 15.2 Å². The third-order valence-corrected chi connectivity index (χ3v) is 6.04. The first-order valence-corrected chi connectivity index (χ1v) is 10.2. The Balaban J connectivity index is 1.89. The number of hydrogen-bond donors (Lipinski definition) is 2. The van der Waals surface area contributed by atoms with Crippen LogP contribution in [0.5, 0.6) is 0 Å². The largest absolute Gasteiger partial charge is 0.360 e. The summed E-state index contributed by atoms with van der Waals surface area (Å²) in [5.74, 6) is 0.160. The SMILES string of the molecule is CC(C)NC(=S)N1C[C@@H](c2ccccc2Cl)c2c([nH]c3ccccc23)[C@@H]1C. The second-order valence-electron chi connectivity index (χ2n) is 7.50. The summed E-state index contributed by atoms with van der Waals surface area (Å²) in [6.07, 6.45) is 0. The minimum atomic E-state index is 0.160. The molecular formula is C22H24ClN3S. The van der Waals surface area contributed by atoms with Gasteiger partial charge in [-0.25, -0.2) is 0 Å². The summed E-state index contributed by atoms with van der Waals surface area (Å²) in [6.45, 7) is 7.24. The van der Waals surface area contributed by atoms with Gasteiger partial charge in [0.25, 0.3) is 0 Å². The average Bonchev–Trinajstić information content (AvgIpc) is 3.02. The summed E-state index contributed by atoms with van der Waals surface area (Å²) < 4.78 is 0. The van der Waals surface area contributed by atoms with Gasteiger partial charge in [-0.2, -0.15) is 0 Å². The lowest BCUT2D eigenvalue weighted by Gasteiger charge is -2.40. The molecule has 3 nitrogen and oxygen atoms in total. The predicted octanol–water partition coefficient (Wildman–Crippen LogP) is 5.61. The highest BCUT2D eigenvalue weighted by atomic mass is 35.5. The summed E-state index contributed by atoms with van der Waals surface area (Å²) >= 11 is 12.4. The summed E-state index contributed by atoms with van der Waals surface area (Å²) in [5, 5.41) is 6.27. The van der Waals surface area contributed by atoms with E-state index < -0.39 is 0 Å². The molecule has 0 radical (unpaired) electrons. The van der Waals surface area contributed by atoms with E-state index in [0.29, 0.717) is 6.04 Å². The van der Waals surface area contributed by atoms with E-state index in [1.165, 1.54) is 16.6 Å². The standard InChI is InChI=1S/C22H24ClN3S/c1-13(2)24-22(27)26-12-17(15-8-4-6-10-18(15)23)20-16-9-5-7-11-19(16)25-21(20)14(26)3/h4-11,13-14,17,25H,12H2,1-3H3,(H,24,27)/t14-,17-/m0/s1. The van der Waals surface area contributed by atoms with Gasteiger partial charge in [0, 0.05) is 40.1 Å². The topological polar surface area (TPSA) is 31.1 Å². The molecule has 1 aliphatic heterocycles. The van der Waals surface area contributed by atoms with E-state index >= 15 is 0 Å². The third kappa shape index (κ3) is 3.21. The van der Waals surface area contributed by atoms with E-state index in [1.807, 2.05) is 12.1 Å². The van der Waals surface area contributed by atoms with E-state index in [4.69, 9.17) is 23.8 Å². The molecular weight excluding hydrogens is 374 g/mol. The van der Waals surface area contributed by atoms with Crippen molar-refractivity contribution >= 4 is 39.8 Å². The number of aromatic amines is 1.